The van der Waals surface area contributed by atoms with Crippen molar-refractivity contribution in [3.05, 3.63) is 12.1 Å². The van der Waals surface area contributed by atoms with Gasteiger partial charge in [0, 0.05) is 6.54 Å². The summed E-state index contributed by atoms with van der Waals surface area (Å²) in [6, 6.07) is 3.78. The number of nitrogen functional groups attached to an aromatic ring is 1. The van der Waals surface area contributed by atoms with Gasteiger partial charge in [0.1, 0.15) is 11.4 Å². The van der Waals surface area contributed by atoms with Crippen molar-refractivity contribution in [3.63, 3.8) is 0 Å². The molecule has 3 N–H and O–H groups in total. The van der Waals surface area contributed by atoms with Gasteiger partial charge in [-0.15, -0.1) is 0 Å². The Hall–Kier alpha value is -1.45. The summed E-state index contributed by atoms with van der Waals surface area (Å²) in [5, 5.41) is 3.40. The molecular formula is C17H29N3O. The predicted molar refractivity (Wildman–Crippen MR) is 88.7 cm³/mol. The van der Waals surface area contributed by atoms with Crippen LogP contribution in [0.4, 0.5) is 11.5 Å². The molecule has 4 heteroatoms. The molecule has 1 heterocycles. The Kier molecular flexibility index (Phi) is 5.32. The third-order valence-electron chi connectivity index (χ3n) is 3.88. The highest BCUT2D eigenvalue weighted by Crippen LogP contribution is 2.27. The lowest BCUT2D eigenvalue weighted by atomic mass is 9.87. The molecule has 0 aliphatic heterocycles. The number of pyridine rings is 1. The molecule has 1 aliphatic rings. The van der Waals surface area contributed by atoms with Gasteiger partial charge in [-0.3, -0.25) is 0 Å². The van der Waals surface area contributed by atoms with E-state index in [-0.39, 0.29) is 5.60 Å². The third kappa shape index (κ3) is 5.44. The average molecular weight is 291 g/mol. The topological polar surface area (TPSA) is 60.2 Å². The molecule has 21 heavy (non-hydrogen) atoms. The zero-order valence-electron chi connectivity index (χ0n) is 13.6. The fourth-order valence-electron chi connectivity index (χ4n) is 2.80. The highest BCUT2D eigenvalue weighted by atomic mass is 16.5. The molecule has 0 radical (unpaired) electrons. The number of nitrogens with one attached hydrogen (secondary N) is 1. The zero-order valence-corrected chi connectivity index (χ0v) is 13.6. The number of nitrogens with zero attached hydrogens (tertiary/aromatic N) is 1. The van der Waals surface area contributed by atoms with Crippen LogP contribution in [0.3, 0.4) is 0 Å². The van der Waals surface area contributed by atoms with Crippen LogP contribution in [-0.2, 0) is 0 Å². The SMILES string of the molecule is CC(C)(C)Oc1nc(NCCC2CCCCC2)ccc1N. The second-order valence-electron chi connectivity index (χ2n) is 7.02. The van der Waals surface area contributed by atoms with E-state index in [1.54, 1.807) is 0 Å². The highest BCUT2D eigenvalue weighted by Gasteiger charge is 2.16. The van der Waals surface area contributed by atoms with E-state index in [0.717, 1.165) is 18.3 Å². The zero-order chi connectivity index (χ0) is 15.3. The van der Waals surface area contributed by atoms with E-state index in [0.29, 0.717) is 11.6 Å². The number of hydrogen-bond donors (Lipinski definition) is 2. The standard InChI is InChI=1S/C17H29N3O/c1-17(2,3)21-16-14(18)9-10-15(20-16)19-12-11-13-7-5-4-6-8-13/h9-10,13H,4-8,11-12,18H2,1-3H3,(H,19,20). The second-order valence-corrected chi connectivity index (χ2v) is 7.02. The molecular weight excluding hydrogens is 262 g/mol. The molecule has 0 bridgehead atoms. The average Bonchev–Trinajstić information content (AvgIpc) is 2.42. The van der Waals surface area contributed by atoms with Crippen molar-refractivity contribution in [2.24, 2.45) is 5.92 Å². The van der Waals surface area contributed by atoms with Crippen molar-refractivity contribution in [1.29, 1.82) is 0 Å². The van der Waals surface area contributed by atoms with Gasteiger partial charge in [-0.1, -0.05) is 32.1 Å². The van der Waals surface area contributed by atoms with Gasteiger partial charge in [-0.25, -0.2) is 0 Å². The van der Waals surface area contributed by atoms with E-state index in [1.165, 1.54) is 38.5 Å². The van der Waals surface area contributed by atoms with Crippen LogP contribution in [0.1, 0.15) is 59.3 Å². The third-order valence-corrected chi connectivity index (χ3v) is 3.88. The van der Waals surface area contributed by atoms with Crippen LogP contribution < -0.4 is 15.8 Å². The van der Waals surface area contributed by atoms with E-state index >= 15 is 0 Å². The smallest absolute Gasteiger partial charge is 0.239 e. The molecule has 1 saturated carbocycles. The molecule has 0 spiro atoms. The summed E-state index contributed by atoms with van der Waals surface area (Å²) in [4.78, 5) is 4.48. The number of aromatic nitrogens is 1. The van der Waals surface area contributed by atoms with Crippen LogP contribution >= 0.6 is 0 Å². The Morgan fingerprint density at radius 1 is 1.24 bits per heavy atom. The van der Waals surface area contributed by atoms with Gasteiger partial charge < -0.3 is 15.8 Å². The lowest BCUT2D eigenvalue weighted by Gasteiger charge is -2.23. The first kappa shape index (κ1) is 15.9. The summed E-state index contributed by atoms with van der Waals surface area (Å²) < 4.78 is 5.79. The summed E-state index contributed by atoms with van der Waals surface area (Å²) in [5.74, 6) is 2.25. The molecule has 0 aromatic carbocycles. The lowest BCUT2D eigenvalue weighted by molar-refractivity contribution is 0.125. The van der Waals surface area contributed by atoms with Gasteiger partial charge in [0.15, 0.2) is 0 Å². The Morgan fingerprint density at radius 2 is 1.95 bits per heavy atom. The molecule has 4 nitrogen and oxygen atoms in total. The number of rotatable bonds is 5. The first-order chi connectivity index (χ1) is 9.94. The molecule has 0 amide bonds. The fourth-order valence-corrected chi connectivity index (χ4v) is 2.80. The maximum atomic E-state index is 5.93. The Bertz CT molecular complexity index is 448. The lowest BCUT2D eigenvalue weighted by Crippen LogP contribution is -2.24. The van der Waals surface area contributed by atoms with Crippen LogP contribution in [0, 0.1) is 5.92 Å². The van der Waals surface area contributed by atoms with E-state index in [9.17, 15) is 0 Å². The summed E-state index contributed by atoms with van der Waals surface area (Å²) in [6.45, 7) is 6.96. The monoisotopic (exact) mass is 291 g/mol. The molecule has 0 unspecified atom stereocenters. The van der Waals surface area contributed by atoms with Crippen molar-refractivity contribution in [3.8, 4) is 5.88 Å². The van der Waals surface area contributed by atoms with Crippen molar-refractivity contribution >= 4 is 11.5 Å². The molecule has 118 valence electrons. The van der Waals surface area contributed by atoms with E-state index in [4.69, 9.17) is 10.5 Å². The van der Waals surface area contributed by atoms with Crippen LogP contribution in [0.25, 0.3) is 0 Å². The molecule has 2 rings (SSSR count). The van der Waals surface area contributed by atoms with Crippen molar-refractivity contribution in [2.45, 2.75) is 64.9 Å². The van der Waals surface area contributed by atoms with Crippen molar-refractivity contribution in [1.82, 2.24) is 4.98 Å². The van der Waals surface area contributed by atoms with E-state index in [1.807, 2.05) is 32.9 Å². The molecule has 0 saturated heterocycles. The van der Waals surface area contributed by atoms with Crippen LogP contribution in [-0.4, -0.2) is 17.1 Å². The van der Waals surface area contributed by atoms with Crippen LogP contribution in [0.15, 0.2) is 12.1 Å². The quantitative estimate of drug-likeness (QED) is 0.852. The Balaban J connectivity index is 1.86. The largest absolute Gasteiger partial charge is 0.470 e. The van der Waals surface area contributed by atoms with Crippen LogP contribution in [0.5, 0.6) is 5.88 Å². The first-order valence-electron chi connectivity index (χ1n) is 8.13. The van der Waals surface area contributed by atoms with Gasteiger partial charge in [-0.2, -0.15) is 4.98 Å². The molecule has 1 fully saturated rings. The summed E-state index contributed by atoms with van der Waals surface area (Å²) in [7, 11) is 0. The fraction of sp³-hybridized carbons (Fsp3) is 0.706. The number of nitrogens with two attached hydrogens (primary N) is 1. The minimum atomic E-state index is -0.290. The summed E-state index contributed by atoms with van der Waals surface area (Å²) in [5.41, 5.74) is 6.22. The minimum absolute atomic E-state index is 0.290. The normalized spacial score (nSPS) is 16.7. The molecule has 1 aliphatic carbocycles. The minimum Gasteiger partial charge on any atom is -0.470 e. The maximum absolute atomic E-state index is 5.93. The predicted octanol–water partition coefficient (Wildman–Crippen LogP) is 4.22. The molecule has 1 aromatic rings. The summed E-state index contributed by atoms with van der Waals surface area (Å²) >= 11 is 0. The first-order valence-corrected chi connectivity index (χ1v) is 8.13. The Labute approximate surface area is 128 Å². The van der Waals surface area contributed by atoms with Gasteiger partial charge >= 0.3 is 0 Å². The van der Waals surface area contributed by atoms with Gasteiger partial charge in [0.05, 0.1) is 5.69 Å². The van der Waals surface area contributed by atoms with Gasteiger partial charge in [0.2, 0.25) is 5.88 Å². The maximum Gasteiger partial charge on any atom is 0.239 e. The highest BCUT2D eigenvalue weighted by molar-refractivity contribution is 5.53. The number of ether oxygens (including phenoxy) is 1. The van der Waals surface area contributed by atoms with Crippen molar-refractivity contribution in [2.75, 3.05) is 17.6 Å². The van der Waals surface area contributed by atoms with E-state index in [2.05, 4.69) is 10.3 Å². The van der Waals surface area contributed by atoms with Gasteiger partial charge in [0.25, 0.3) is 0 Å². The van der Waals surface area contributed by atoms with Crippen LogP contribution in [0.2, 0.25) is 0 Å². The van der Waals surface area contributed by atoms with E-state index < -0.39 is 0 Å². The summed E-state index contributed by atoms with van der Waals surface area (Å²) in [6.07, 6.45) is 8.20. The number of hydrogen-bond acceptors (Lipinski definition) is 4. The van der Waals surface area contributed by atoms with Gasteiger partial charge in [-0.05, 0) is 45.2 Å². The molecule has 0 atom stereocenters. The molecule has 1 aromatic heterocycles. The number of anilines is 2. The van der Waals surface area contributed by atoms with Crippen molar-refractivity contribution < 1.29 is 4.74 Å². The second kappa shape index (κ2) is 7.01. The Morgan fingerprint density at radius 3 is 2.62 bits per heavy atom.